The maximum absolute atomic E-state index is 14.0. The number of aromatic nitrogens is 1. The molecule has 0 unspecified atom stereocenters. The van der Waals surface area contributed by atoms with E-state index in [1.807, 2.05) is 6.92 Å². The first kappa shape index (κ1) is 19.4. The molecule has 1 aromatic carbocycles. The standard InChI is InChI=1S/C20H26FN3O3/c1-4-23(5-2)9-8-22-19(26)16-18(25)15-11-14(21)10-13-7-6-12(3)24(17(13)15)20(16)27/h10-12,25H,4-9H2,1-3H3,(H,22,26)/p+1/t12-/m1/s1. The molecule has 1 atom stereocenters. The lowest BCUT2D eigenvalue weighted by atomic mass is 9.95. The molecule has 0 saturated carbocycles. The molecule has 27 heavy (non-hydrogen) atoms. The van der Waals surface area contributed by atoms with Crippen LogP contribution < -0.4 is 15.8 Å². The minimum atomic E-state index is -0.613. The van der Waals surface area contributed by atoms with E-state index in [1.165, 1.54) is 21.6 Å². The van der Waals surface area contributed by atoms with Gasteiger partial charge in [-0.1, -0.05) is 0 Å². The molecule has 1 amide bonds. The number of aromatic hydroxyl groups is 1. The summed E-state index contributed by atoms with van der Waals surface area (Å²) in [4.78, 5) is 27.0. The predicted octanol–water partition coefficient (Wildman–Crippen LogP) is 1.01. The van der Waals surface area contributed by atoms with Crippen molar-refractivity contribution in [3.63, 3.8) is 0 Å². The van der Waals surface area contributed by atoms with Crippen LogP contribution in [0.5, 0.6) is 5.75 Å². The normalized spacial score (nSPS) is 16.1. The molecular formula is C20H27FN3O3+. The van der Waals surface area contributed by atoms with Gasteiger partial charge in [0.15, 0.2) is 0 Å². The second-order valence-corrected chi connectivity index (χ2v) is 7.21. The molecule has 0 bridgehead atoms. The van der Waals surface area contributed by atoms with E-state index in [4.69, 9.17) is 0 Å². The first-order valence-corrected chi connectivity index (χ1v) is 9.60. The zero-order chi connectivity index (χ0) is 19.7. The maximum atomic E-state index is 14.0. The minimum Gasteiger partial charge on any atom is -0.506 e. The van der Waals surface area contributed by atoms with Crippen LogP contribution in [0.3, 0.4) is 0 Å². The van der Waals surface area contributed by atoms with Crippen molar-refractivity contribution in [3.05, 3.63) is 39.4 Å². The van der Waals surface area contributed by atoms with Crippen LogP contribution in [0.4, 0.5) is 4.39 Å². The number of amides is 1. The highest BCUT2D eigenvalue weighted by Crippen LogP contribution is 2.35. The minimum absolute atomic E-state index is 0.120. The highest BCUT2D eigenvalue weighted by molar-refractivity contribution is 6.03. The van der Waals surface area contributed by atoms with Crippen LogP contribution in [0.15, 0.2) is 16.9 Å². The van der Waals surface area contributed by atoms with E-state index in [-0.39, 0.29) is 17.0 Å². The number of nitrogens with zero attached hydrogens (tertiary/aromatic N) is 1. The van der Waals surface area contributed by atoms with Gasteiger partial charge >= 0.3 is 0 Å². The van der Waals surface area contributed by atoms with Gasteiger partial charge in [0.05, 0.1) is 31.7 Å². The lowest BCUT2D eigenvalue weighted by Crippen LogP contribution is -3.12. The van der Waals surface area contributed by atoms with E-state index < -0.39 is 23.0 Å². The number of carbonyl (C=O) groups excluding carboxylic acids is 1. The summed E-state index contributed by atoms with van der Waals surface area (Å²) >= 11 is 0. The molecular weight excluding hydrogens is 349 g/mol. The van der Waals surface area contributed by atoms with Crippen molar-refractivity contribution in [2.24, 2.45) is 0 Å². The smallest absolute Gasteiger partial charge is 0.267 e. The van der Waals surface area contributed by atoms with Crippen molar-refractivity contribution in [2.45, 2.75) is 39.7 Å². The number of halogens is 1. The van der Waals surface area contributed by atoms with Gasteiger partial charge in [-0.25, -0.2) is 4.39 Å². The summed E-state index contributed by atoms with van der Waals surface area (Å²) < 4.78 is 15.5. The molecule has 0 aliphatic carbocycles. The molecule has 146 valence electrons. The van der Waals surface area contributed by atoms with Gasteiger partial charge in [0.25, 0.3) is 11.5 Å². The number of quaternary nitrogens is 1. The second-order valence-electron chi connectivity index (χ2n) is 7.21. The molecule has 7 heteroatoms. The first-order chi connectivity index (χ1) is 12.9. The van der Waals surface area contributed by atoms with Crippen LogP contribution >= 0.6 is 0 Å². The fourth-order valence-electron chi connectivity index (χ4n) is 3.93. The zero-order valence-electron chi connectivity index (χ0n) is 16.1. The summed E-state index contributed by atoms with van der Waals surface area (Å²) in [7, 11) is 0. The largest absolute Gasteiger partial charge is 0.506 e. The predicted molar refractivity (Wildman–Crippen MR) is 102 cm³/mol. The number of hydrogen-bond acceptors (Lipinski definition) is 3. The van der Waals surface area contributed by atoms with Gasteiger partial charge in [0.1, 0.15) is 17.1 Å². The lowest BCUT2D eigenvalue weighted by molar-refractivity contribution is -0.895. The van der Waals surface area contributed by atoms with Gasteiger partial charge in [-0.15, -0.1) is 0 Å². The highest BCUT2D eigenvalue weighted by atomic mass is 19.1. The molecule has 6 nitrogen and oxygen atoms in total. The van der Waals surface area contributed by atoms with Crippen LogP contribution in [0.2, 0.25) is 0 Å². The Bertz CT molecular complexity index is 934. The fraction of sp³-hybridized carbons (Fsp3) is 0.500. The van der Waals surface area contributed by atoms with Gasteiger partial charge in [0.2, 0.25) is 0 Å². The van der Waals surface area contributed by atoms with Crippen molar-refractivity contribution in [2.75, 3.05) is 26.2 Å². The van der Waals surface area contributed by atoms with Crippen LogP contribution in [0, 0.1) is 5.82 Å². The van der Waals surface area contributed by atoms with E-state index >= 15 is 0 Å². The van der Waals surface area contributed by atoms with Crippen molar-refractivity contribution >= 4 is 16.8 Å². The average Bonchev–Trinajstić information content (AvgIpc) is 2.64. The maximum Gasteiger partial charge on any atom is 0.267 e. The van der Waals surface area contributed by atoms with E-state index in [0.29, 0.717) is 30.5 Å². The van der Waals surface area contributed by atoms with Crippen molar-refractivity contribution in [1.82, 2.24) is 9.88 Å². The van der Waals surface area contributed by atoms with E-state index in [9.17, 15) is 19.1 Å². The molecule has 1 aliphatic rings. The third-order valence-corrected chi connectivity index (χ3v) is 5.58. The van der Waals surface area contributed by atoms with Gasteiger partial charge in [-0.05, 0) is 51.3 Å². The lowest BCUT2D eigenvalue weighted by Gasteiger charge is -2.26. The summed E-state index contributed by atoms with van der Waals surface area (Å²) in [6.07, 6.45) is 1.31. The number of pyridine rings is 1. The summed E-state index contributed by atoms with van der Waals surface area (Å²) in [5.41, 5.74) is 0.393. The second kappa shape index (κ2) is 7.68. The fourth-order valence-corrected chi connectivity index (χ4v) is 3.93. The Balaban J connectivity index is 2.04. The Hall–Kier alpha value is -2.41. The summed E-state index contributed by atoms with van der Waals surface area (Å²) in [6, 6.07) is 2.47. The van der Waals surface area contributed by atoms with Crippen LogP contribution in [0.1, 0.15) is 49.2 Å². The molecule has 0 saturated heterocycles. The Labute approximate surface area is 157 Å². The molecule has 1 aliphatic heterocycles. The number of rotatable bonds is 6. The van der Waals surface area contributed by atoms with Crippen molar-refractivity contribution in [3.8, 4) is 5.75 Å². The van der Waals surface area contributed by atoms with Crippen molar-refractivity contribution in [1.29, 1.82) is 0 Å². The quantitative estimate of drug-likeness (QED) is 0.704. The Kier molecular flexibility index (Phi) is 5.51. The Morgan fingerprint density at radius 3 is 2.74 bits per heavy atom. The summed E-state index contributed by atoms with van der Waals surface area (Å²) in [5.74, 6) is -1.53. The van der Waals surface area contributed by atoms with E-state index in [0.717, 1.165) is 19.6 Å². The van der Waals surface area contributed by atoms with Crippen molar-refractivity contribution < 1.29 is 19.2 Å². The van der Waals surface area contributed by atoms with Crippen LogP contribution in [0.25, 0.3) is 10.9 Å². The monoisotopic (exact) mass is 376 g/mol. The Morgan fingerprint density at radius 1 is 1.37 bits per heavy atom. The third kappa shape index (κ3) is 3.43. The SMILES string of the molecule is CC[NH+](CC)CCNC(=O)c1c(O)c2cc(F)cc3c2n(c1=O)[C@H](C)CC3. The van der Waals surface area contributed by atoms with E-state index in [1.54, 1.807) is 0 Å². The molecule has 1 aromatic heterocycles. The number of benzene rings is 1. The number of likely N-dealkylation sites (N-methyl/N-ethyl adjacent to an activating group) is 1. The van der Waals surface area contributed by atoms with Gasteiger partial charge < -0.3 is 19.9 Å². The van der Waals surface area contributed by atoms with Crippen LogP contribution in [-0.2, 0) is 6.42 Å². The summed E-state index contributed by atoms with van der Waals surface area (Å²) in [5, 5.41) is 13.6. The number of hydrogen-bond donors (Lipinski definition) is 3. The molecule has 2 aromatic rings. The van der Waals surface area contributed by atoms with Gasteiger partial charge in [-0.3, -0.25) is 9.59 Å². The Morgan fingerprint density at radius 2 is 2.07 bits per heavy atom. The summed E-state index contributed by atoms with van der Waals surface area (Å²) in [6.45, 7) is 9.06. The van der Waals surface area contributed by atoms with E-state index in [2.05, 4.69) is 19.2 Å². The highest BCUT2D eigenvalue weighted by Gasteiger charge is 2.28. The van der Waals surface area contributed by atoms with Gasteiger partial charge in [0, 0.05) is 11.4 Å². The van der Waals surface area contributed by atoms with Gasteiger partial charge in [-0.2, -0.15) is 0 Å². The molecule has 0 radical (unpaired) electrons. The average molecular weight is 376 g/mol. The molecule has 0 fully saturated rings. The number of carbonyl (C=O) groups is 1. The number of aryl methyl sites for hydroxylation is 1. The zero-order valence-corrected chi connectivity index (χ0v) is 16.1. The number of nitrogens with one attached hydrogen (secondary N) is 2. The van der Waals surface area contributed by atoms with Crippen LogP contribution in [-0.4, -0.2) is 41.8 Å². The first-order valence-electron chi connectivity index (χ1n) is 9.60. The molecule has 3 N–H and O–H groups in total. The molecule has 0 spiro atoms. The third-order valence-electron chi connectivity index (χ3n) is 5.58. The molecule has 2 heterocycles. The molecule has 3 rings (SSSR count). The topological polar surface area (TPSA) is 75.8 Å².